The standard InChI is InChI=1S/C10H16O4S/c1-4-7-5-8(11)6-9(12)10(7,2)15(3,13)14/h7H,4-6H2,1-3H3. The molecular formula is C10H16O4S. The van der Waals surface area contributed by atoms with Gasteiger partial charge in [-0.15, -0.1) is 0 Å². The quantitative estimate of drug-likeness (QED) is 0.659. The summed E-state index contributed by atoms with van der Waals surface area (Å²) in [7, 11) is -3.46. The van der Waals surface area contributed by atoms with Gasteiger partial charge < -0.3 is 0 Å². The van der Waals surface area contributed by atoms with E-state index in [1.165, 1.54) is 6.92 Å². The number of hydrogen-bond acceptors (Lipinski definition) is 4. The molecule has 0 heterocycles. The summed E-state index contributed by atoms with van der Waals surface area (Å²) in [4.78, 5) is 23.0. The van der Waals surface area contributed by atoms with Gasteiger partial charge in [-0.05, 0) is 12.8 Å². The van der Waals surface area contributed by atoms with Crippen LogP contribution in [0.25, 0.3) is 0 Å². The molecule has 1 aliphatic carbocycles. The third kappa shape index (κ3) is 1.85. The van der Waals surface area contributed by atoms with Crippen LogP contribution in [0.15, 0.2) is 0 Å². The monoisotopic (exact) mass is 232 g/mol. The van der Waals surface area contributed by atoms with Crippen molar-refractivity contribution in [1.29, 1.82) is 0 Å². The Morgan fingerprint density at radius 2 is 1.93 bits per heavy atom. The molecule has 0 aromatic heterocycles. The summed E-state index contributed by atoms with van der Waals surface area (Å²) in [6, 6.07) is 0. The molecule has 0 bridgehead atoms. The van der Waals surface area contributed by atoms with Crippen molar-refractivity contribution in [3.05, 3.63) is 0 Å². The third-order valence-electron chi connectivity index (χ3n) is 3.43. The maximum Gasteiger partial charge on any atom is 0.161 e. The topological polar surface area (TPSA) is 68.3 Å². The second-order valence-corrected chi connectivity index (χ2v) is 6.72. The van der Waals surface area contributed by atoms with Gasteiger partial charge in [0.1, 0.15) is 10.5 Å². The molecule has 0 aromatic carbocycles. The molecule has 1 saturated carbocycles. The van der Waals surface area contributed by atoms with Gasteiger partial charge in [0, 0.05) is 12.7 Å². The Morgan fingerprint density at radius 1 is 1.40 bits per heavy atom. The fourth-order valence-corrected chi connectivity index (χ4v) is 3.51. The van der Waals surface area contributed by atoms with Crippen LogP contribution in [0.4, 0.5) is 0 Å². The molecule has 0 saturated heterocycles. The molecule has 0 radical (unpaired) electrons. The first-order valence-electron chi connectivity index (χ1n) is 4.98. The van der Waals surface area contributed by atoms with Crippen LogP contribution < -0.4 is 0 Å². The van der Waals surface area contributed by atoms with Gasteiger partial charge in [-0.25, -0.2) is 8.42 Å². The van der Waals surface area contributed by atoms with Gasteiger partial charge in [-0.3, -0.25) is 9.59 Å². The van der Waals surface area contributed by atoms with E-state index >= 15 is 0 Å². The zero-order chi connectivity index (χ0) is 11.9. The van der Waals surface area contributed by atoms with Crippen molar-refractivity contribution in [2.75, 3.05) is 6.26 Å². The lowest BCUT2D eigenvalue weighted by molar-refractivity contribution is -0.133. The molecule has 2 unspecified atom stereocenters. The molecule has 86 valence electrons. The van der Waals surface area contributed by atoms with Crippen LogP contribution in [0.1, 0.15) is 33.1 Å². The van der Waals surface area contributed by atoms with Crippen LogP contribution >= 0.6 is 0 Å². The molecule has 0 spiro atoms. The van der Waals surface area contributed by atoms with Gasteiger partial charge in [0.25, 0.3) is 0 Å². The average Bonchev–Trinajstić information content (AvgIpc) is 2.09. The van der Waals surface area contributed by atoms with Crippen LogP contribution in [0.2, 0.25) is 0 Å². The van der Waals surface area contributed by atoms with Crippen LogP contribution in [-0.4, -0.2) is 31.0 Å². The van der Waals surface area contributed by atoms with Gasteiger partial charge in [0.05, 0.1) is 6.42 Å². The Labute approximate surface area is 90.0 Å². The molecule has 1 aliphatic rings. The highest BCUT2D eigenvalue weighted by molar-refractivity contribution is 7.92. The molecule has 0 aromatic rings. The molecular weight excluding hydrogens is 216 g/mol. The molecule has 4 nitrogen and oxygen atoms in total. The maximum absolute atomic E-state index is 11.7. The fourth-order valence-electron chi connectivity index (χ4n) is 2.17. The van der Waals surface area contributed by atoms with Gasteiger partial charge in [-0.1, -0.05) is 13.3 Å². The predicted molar refractivity (Wildman–Crippen MR) is 56.3 cm³/mol. The van der Waals surface area contributed by atoms with E-state index in [1.54, 1.807) is 6.92 Å². The Morgan fingerprint density at radius 3 is 2.33 bits per heavy atom. The zero-order valence-electron chi connectivity index (χ0n) is 9.24. The summed E-state index contributed by atoms with van der Waals surface area (Å²) >= 11 is 0. The number of ketones is 2. The van der Waals surface area contributed by atoms with Gasteiger partial charge in [0.15, 0.2) is 15.6 Å². The van der Waals surface area contributed by atoms with E-state index in [9.17, 15) is 18.0 Å². The second-order valence-electron chi connectivity index (χ2n) is 4.33. The van der Waals surface area contributed by atoms with Crippen molar-refractivity contribution in [3.63, 3.8) is 0 Å². The molecule has 1 rings (SSSR count). The first-order valence-corrected chi connectivity index (χ1v) is 6.87. The van der Waals surface area contributed by atoms with E-state index < -0.39 is 20.4 Å². The normalized spacial score (nSPS) is 33.1. The molecule has 2 atom stereocenters. The number of hydrogen-bond donors (Lipinski definition) is 0. The summed E-state index contributed by atoms with van der Waals surface area (Å²) in [5.41, 5.74) is 0. The molecule has 15 heavy (non-hydrogen) atoms. The molecule has 0 amide bonds. The maximum atomic E-state index is 11.7. The van der Waals surface area contributed by atoms with E-state index in [4.69, 9.17) is 0 Å². The summed E-state index contributed by atoms with van der Waals surface area (Å²) < 4.78 is 22.0. The number of sulfone groups is 1. The van der Waals surface area contributed by atoms with Crippen LogP contribution in [0.3, 0.4) is 0 Å². The molecule has 0 N–H and O–H groups in total. The van der Waals surface area contributed by atoms with Gasteiger partial charge in [-0.2, -0.15) is 0 Å². The third-order valence-corrected chi connectivity index (χ3v) is 5.53. The summed E-state index contributed by atoms with van der Waals surface area (Å²) in [5.74, 6) is -0.970. The summed E-state index contributed by atoms with van der Waals surface area (Å²) in [6.07, 6.45) is 1.57. The van der Waals surface area contributed by atoms with Crippen LogP contribution in [-0.2, 0) is 19.4 Å². The van der Waals surface area contributed by atoms with E-state index in [2.05, 4.69) is 0 Å². The molecule has 5 heteroatoms. The minimum absolute atomic E-state index is 0.145. The highest BCUT2D eigenvalue weighted by atomic mass is 32.2. The SMILES string of the molecule is CCC1CC(=O)CC(=O)C1(C)S(C)(=O)=O. The zero-order valence-corrected chi connectivity index (χ0v) is 10.1. The minimum atomic E-state index is -3.46. The van der Waals surface area contributed by atoms with Crippen molar-refractivity contribution in [2.45, 2.75) is 37.9 Å². The fraction of sp³-hybridized carbons (Fsp3) is 0.800. The van der Waals surface area contributed by atoms with Gasteiger partial charge >= 0.3 is 0 Å². The Kier molecular flexibility index (Phi) is 3.05. The van der Waals surface area contributed by atoms with Crippen molar-refractivity contribution < 1.29 is 18.0 Å². The Bertz CT molecular complexity index is 396. The predicted octanol–water partition coefficient (Wildman–Crippen LogP) is 0.748. The minimum Gasteiger partial charge on any atom is -0.299 e. The Hall–Kier alpha value is -0.710. The largest absolute Gasteiger partial charge is 0.299 e. The van der Waals surface area contributed by atoms with E-state index in [0.717, 1.165) is 6.26 Å². The molecule has 0 aliphatic heterocycles. The second kappa shape index (κ2) is 3.70. The first kappa shape index (κ1) is 12.4. The van der Waals surface area contributed by atoms with Crippen LogP contribution in [0.5, 0.6) is 0 Å². The summed E-state index contributed by atoms with van der Waals surface area (Å²) in [5, 5.41) is 0. The van der Waals surface area contributed by atoms with Crippen molar-refractivity contribution in [3.8, 4) is 0 Å². The van der Waals surface area contributed by atoms with E-state index in [-0.39, 0.29) is 24.5 Å². The number of rotatable bonds is 2. The Balaban J connectivity index is 3.25. The lowest BCUT2D eigenvalue weighted by atomic mass is 9.76. The number of carbonyl (C=O) groups is 2. The van der Waals surface area contributed by atoms with Crippen LogP contribution in [0, 0.1) is 5.92 Å². The van der Waals surface area contributed by atoms with E-state index in [1.807, 2.05) is 0 Å². The van der Waals surface area contributed by atoms with Gasteiger partial charge in [0.2, 0.25) is 0 Å². The number of Topliss-reactive ketones (excluding diaryl/α,β-unsaturated/α-hetero) is 2. The first-order chi connectivity index (χ1) is 6.73. The summed E-state index contributed by atoms with van der Waals surface area (Å²) in [6.45, 7) is 3.26. The highest BCUT2D eigenvalue weighted by Crippen LogP contribution is 2.37. The van der Waals surface area contributed by atoms with Crippen molar-refractivity contribution in [1.82, 2.24) is 0 Å². The van der Waals surface area contributed by atoms with E-state index in [0.29, 0.717) is 6.42 Å². The highest BCUT2D eigenvalue weighted by Gasteiger charge is 2.52. The molecule has 1 fully saturated rings. The average molecular weight is 232 g/mol. The van der Waals surface area contributed by atoms with Crippen molar-refractivity contribution in [2.24, 2.45) is 5.92 Å². The lowest BCUT2D eigenvalue weighted by Gasteiger charge is -2.37. The van der Waals surface area contributed by atoms with Crippen molar-refractivity contribution >= 4 is 21.4 Å². The smallest absolute Gasteiger partial charge is 0.161 e. The lowest BCUT2D eigenvalue weighted by Crippen LogP contribution is -2.53. The number of carbonyl (C=O) groups excluding carboxylic acids is 2.